The van der Waals surface area contributed by atoms with Gasteiger partial charge in [0.15, 0.2) is 5.96 Å². The minimum absolute atomic E-state index is 0. The molecule has 158 valence electrons. The highest BCUT2D eigenvalue weighted by atomic mass is 127. The third kappa shape index (κ3) is 5.07. The molecule has 0 amide bonds. The molecule has 1 fully saturated rings. The fourth-order valence-corrected chi connectivity index (χ4v) is 3.39. The summed E-state index contributed by atoms with van der Waals surface area (Å²) in [4.78, 5) is 17.5. The fraction of sp³-hybridized carbons (Fsp3) is 0.286. The molecule has 1 saturated heterocycles. The van der Waals surface area contributed by atoms with Gasteiger partial charge in [0.1, 0.15) is 17.5 Å². The minimum atomic E-state index is -0.216. The Morgan fingerprint density at radius 3 is 2.40 bits per heavy atom. The summed E-state index contributed by atoms with van der Waals surface area (Å²) in [6.07, 6.45) is 5.46. The topological polar surface area (TPSA) is 75.6 Å². The lowest BCUT2D eigenvalue weighted by Gasteiger charge is -2.36. The lowest BCUT2D eigenvalue weighted by Crippen LogP contribution is -2.51. The van der Waals surface area contributed by atoms with Gasteiger partial charge in [-0.15, -0.1) is 24.0 Å². The molecular weight excluding hydrogens is 496 g/mol. The molecule has 2 aromatic heterocycles. The number of anilines is 1. The van der Waals surface area contributed by atoms with Crippen molar-refractivity contribution in [2.45, 2.75) is 13.5 Å². The molecule has 0 atom stereocenters. The van der Waals surface area contributed by atoms with Gasteiger partial charge in [0.2, 0.25) is 0 Å². The summed E-state index contributed by atoms with van der Waals surface area (Å²) >= 11 is 0. The van der Waals surface area contributed by atoms with Crippen LogP contribution in [-0.4, -0.2) is 51.6 Å². The van der Waals surface area contributed by atoms with Crippen LogP contribution in [0.4, 0.5) is 10.1 Å². The monoisotopic (exact) mass is 521 g/mol. The van der Waals surface area contributed by atoms with Crippen molar-refractivity contribution < 1.29 is 4.39 Å². The predicted octanol–water partition coefficient (Wildman–Crippen LogP) is 2.97. The van der Waals surface area contributed by atoms with Crippen LogP contribution in [0.5, 0.6) is 0 Å². The van der Waals surface area contributed by atoms with E-state index in [0.717, 1.165) is 49.1 Å². The highest BCUT2D eigenvalue weighted by Gasteiger charge is 2.18. The molecule has 0 aliphatic carbocycles. The van der Waals surface area contributed by atoms with Gasteiger partial charge in [-0.05, 0) is 42.8 Å². The first-order valence-electron chi connectivity index (χ1n) is 9.61. The number of aryl methyl sites for hydroxylation is 1. The summed E-state index contributed by atoms with van der Waals surface area (Å²) in [7, 11) is 0. The summed E-state index contributed by atoms with van der Waals surface area (Å²) in [5, 5.41) is 0. The predicted molar refractivity (Wildman–Crippen MR) is 127 cm³/mol. The Morgan fingerprint density at radius 2 is 1.80 bits per heavy atom. The molecule has 7 nitrogen and oxygen atoms in total. The van der Waals surface area contributed by atoms with Gasteiger partial charge >= 0.3 is 0 Å². The first-order chi connectivity index (χ1) is 14.1. The quantitative estimate of drug-likeness (QED) is 0.325. The minimum Gasteiger partial charge on any atom is -0.370 e. The summed E-state index contributed by atoms with van der Waals surface area (Å²) in [6.45, 7) is 5.63. The Bertz CT molecular complexity index is 977. The summed E-state index contributed by atoms with van der Waals surface area (Å²) in [5.74, 6) is 2.05. The van der Waals surface area contributed by atoms with Crippen LogP contribution in [0.15, 0.2) is 60.0 Å². The van der Waals surface area contributed by atoms with E-state index < -0.39 is 0 Å². The molecule has 1 aliphatic rings. The second kappa shape index (κ2) is 9.88. The number of hydrogen-bond acceptors (Lipinski definition) is 4. The van der Waals surface area contributed by atoms with E-state index >= 15 is 0 Å². The van der Waals surface area contributed by atoms with Crippen molar-refractivity contribution in [2.75, 3.05) is 31.1 Å². The average Bonchev–Trinajstić information content (AvgIpc) is 3.19. The van der Waals surface area contributed by atoms with Crippen molar-refractivity contribution in [3.05, 3.63) is 72.2 Å². The van der Waals surface area contributed by atoms with Crippen molar-refractivity contribution >= 4 is 35.6 Å². The Morgan fingerprint density at radius 1 is 1.07 bits per heavy atom. The van der Waals surface area contributed by atoms with Crippen molar-refractivity contribution in [1.29, 1.82) is 0 Å². The summed E-state index contributed by atoms with van der Waals surface area (Å²) in [5.41, 5.74) is 8.23. The molecule has 2 N–H and O–H groups in total. The van der Waals surface area contributed by atoms with E-state index in [1.807, 2.05) is 48.1 Å². The first-order valence-corrected chi connectivity index (χ1v) is 9.61. The van der Waals surface area contributed by atoms with Gasteiger partial charge in [-0.1, -0.05) is 6.07 Å². The number of aromatic nitrogens is 3. The molecule has 0 bridgehead atoms. The van der Waals surface area contributed by atoms with Crippen LogP contribution < -0.4 is 10.6 Å². The number of nitrogens with two attached hydrogens (primary N) is 1. The zero-order valence-corrected chi connectivity index (χ0v) is 19.1. The number of guanidine groups is 1. The smallest absolute Gasteiger partial charge is 0.191 e. The lowest BCUT2D eigenvalue weighted by atomic mass is 10.2. The molecule has 0 radical (unpaired) electrons. The van der Waals surface area contributed by atoms with E-state index in [0.29, 0.717) is 12.5 Å². The third-order valence-electron chi connectivity index (χ3n) is 5.10. The van der Waals surface area contributed by atoms with Gasteiger partial charge < -0.3 is 15.5 Å². The molecule has 9 heteroatoms. The maximum Gasteiger partial charge on any atom is 0.191 e. The number of pyridine rings is 1. The van der Waals surface area contributed by atoms with Gasteiger partial charge in [-0.25, -0.2) is 19.4 Å². The van der Waals surface area contributed by atoms with Crippen molar-refractivity contribution in [3.8, 4) is 5.82 Å². The number of hydrogen-bond donors (Lipinski definition) is 1. The van der Waals surface area contributed by atoms with E-state index in [1.54, 1.807) is 6.20 Å². The van der Waals surface area contributed by atoms with E-state index in [1.165, 1.54) is 12.1 Å². The van der Waals surface area contributed by atoms with E-state index in [2.05, 4.69) is 24.8 Å². The first kappa shape index (κ1) is 22.0. The SMILES string of the molecule is Cc1nccn1-c1ccc(CN=C(N)N2CCN(c3ccc(F)cc3)CC2)cn1.I. The second-order valence-electron chi connectivity index (χ2n) is 6.99. The van der Waals surface area contributed by atoms with Crippen LogP contribution >= 0.6 is 24.0 Å². The molecule has 0 unspecified atom stereocenters. The molecule has 0 saturated carbocycles. The molecule has 30 heavy (non-hydrogen) atoms. The summed E-state index contributed by atoms with van der Waals surface area (Å²) in [6, 6.07) is 10.6. The Balaban J connectivity index is 0.00000256. The van der Waals surface area contributed by atoms with Gasteiger partial charge in [0.05, 0.1) is 6.54 Å². The number of imidazole rings is 1. The second-order valence-corrected chi connectivity index (χ2v) is 6.99. The van der Waals surface area contributed by atoms with Crippen molar-refractivity contribution in [3.63, 3.8) is 0 Å². The van der Waals surface area contributed by atoms with Crippen molar-refractivity contribution in [1.82, 2.24) is 19.4 Å². The largest absolute Gasteiger partial charge is 0.370 e. The molecular formula is C21H25FIN7. The van der Waals surface area contributed by atoms with Crippen LogP contribution in [-0.2, 0) is 6.54 Å². The highest BCUT2D eigenvalue weighted by molar-refractivity contribution is 14.0. The normalized spacial score (nSPS) is 14.5. The number of piperazine rings is 1. The van der Waals surface area contributed by atoms with Crippen molar-refractivity contribution in [2.24, 2.45) is 10.7 Å². The number of benzene rings is 1. The Kier molecular flexibility index (Phi) is 7.24. The maximum absolute atomic E-state index is 13.1. The Labute approximate surface area is 192 Å². The van der Waals surface area contributed by atoms with E-state index in [4.69, 9.17) is 5.73 Å². The highest BCUT2D eigenvalue weighted by Crippen LogP contribution is 2.17. The zero-order chi connectivity index (χ0) is 20.2. The van der Waals surface area contributed by atoms with Crippen LogP contribution in [0.3, 0.4) is 0 Å². The molecule has 4 rings (SSSR count). The third-order valence-corrected chi connectivity index (χ3v) is 5.10. The molecule has 0 spiro atoms. The van der Waals surface area contributed by atoms with Gasteiger partial charge in [-0.2, -0.15) is 0 Å². The van der Waals surface area contributed by atoms with E-state index in [-0.39, 0.29) is 29.8 Å². The standard InChI is InChI=1S/C21H24FN7.HI/c1-16-24-8-9-29(16)20-7-2-17(14-25-20)15-26-21(23)28-12-10-27(11-13-28)19-5-3-18(22)4-6-19;/h2-9,14H,10-13,15H2,1H3,(H2,23,26);1H. The fourth-order valence-electron chi connectivity index (χ4n) is 3.39. The molecule has 3 aromatic rings. The van der Waals surface area contributed by atoms with Gasteiger partial charge in [0.25, 0.3) is 0 Å². The molecule has 1 aliphatic heterocycles. The van der Waals surface area contributed by atoms with Crippen LogP contribution in [0.2, 0.25) is 0 Å². The molecule has 1 aromatic carbocycles. The van der Waals surface area contributed by atoms with Gasteiger partial charge in [0, 0.05) is 50.5 Å². The number of halogens is 2. The van der Waals surface area contributed by atoms with Crippen LogP contribution in [0.1, 0.15) is 11.4 Å². The average molecular weight is 521 g/mol. The maximum atomic E-state index is 13.1. The van der Waals surface area contributed by atoms with Gasteiger partial charge in [-0.3, -0.25) is 4.57 Å². The Hall–Kier alpha value is -2.69. The lowest BCUT2D eigenvalue weighted by molar-refractivity contribution is 0.380. The van der Waals surface area contributed by atoms with Crippen LogP contribution in [0, 0.1) is 12.7 Å². The number of aliphatic imine (C=N–C) groups is 1. The summed E-state index contributed by atoms with van der Waals surface area (Å²) < 4.78 is 15.0. The molecule has 3 heterocycles. The number of nitrogens with zero attached hydrogens (tertiary/aromatic N) is 6. The van der Waals surface area contributed by atoms with E-state index in [9.17, 15) is 4.39 Å². The number of rotatable bonds is 4. The zero-order valence-electron chi connectivity index (χ0n) is 16.8. The van der Waals surface area contributed by atoms with Crippen LogP contribution in [0.25, 0.3) is 5.82 Å².